The fourth-order valence-electron chi connectivity index (χ4n) is 1.78. The molecule has 2 N–H and O–H groups in total. The highest BCUT2D eigenvalue weighted by Gasteiger charge is 2.45. The van der Waals surface area contributed by atoms with Crippen LogP contribution in [0.3, 0.4) is 0 Å². The second-order valence-corrected chi connectivity index (χ2v) is 4.80. The van der Waals surface area contributed by atoms with Crippen molar-refractivity contribution in [1.29, 1.82) is 0 Å². The Morgan fingerprint density at radius 2 is 2.13 bits per heavy atom. The first-order valence-corrected chi connectivity index (χ1v) is 5.60. The Morgan fingerprint density at radius 1 is 1.47 bits per heavy atom. The normalized spacial score (nSPS) is 17.5. The SMILES string of the molecule is COc1cc(Br)c(C2(CO)CC2)cc1O. The van der Waals surface area contributed by atoms with Gasteiger partial charge in [-0.2, -0.15) is 0 Å². The Bertz CT molecular complexity index is 386. The van der Waals surface area contributed by atoms with Crippen molar-refractivity contribution in [3.63, 3.8) is 0 Å². The van der Waals surface area contributed by atoms with Gasteiger partial charge in [0.15, 0.2) is 11.5 Å². The molecule has 1 aliphatic rings. The van der Waals surface area contributed by atoms with E-state index in [2.05, 4.69) is 15.9 Å². The molecule has 2 rings (SSSR count). The molecule has 0 bridgehead atoms. The van der Waals surface area contributed by atoms with E-state index in [1.54, 1.807) is 12.1 Å². The van der Waals surface area contributed by atoms with Gasteiger partial charge in [-0.25, -0.2) is 0 Å². The molecule has 1 aromatic rings. The molecule has 0 radical (unpaired) electrons. The van der Waals surface area contributed by atoms with Crippen molar-refractivity contribution < 1.29 is 14.9 Å². The van der Waals surface area contributed by atoms with Gasteiger partial charge in [0.2, 0.25) is 0 Å². The molecule has 0 atom stereocenters. The lowest BCUT2D eigenvalue weighted by Crippen LogP contribution is -2.12. The molecule has 15 heavy (non-hydrogen) atoms. The van der Waals surface area contributed by atoms with E-state index in [1.165, 1.54) is 7.11 Å². The zero-order valence-corrected chi connectivity index (χ0v) is 10.0. The maximum absolute atomic E-state index is 9.67. The molecule has 0 amide bonds. The molecule has 4 heteroatoms. The summed E-state index contributed by atoms with van der Waals surface area (Å²) in [5, 5.41) is 19.0. The monoisotopic (exact) mass is 272 g/mol. The van der Waals surface area contributed by atoms with E-state index in [4.69, 9.17) is 4.74 Å². The van der Waals surface area contributed by atoms with E-state index in [0.29, 0.717) is 5.75 Å². The summed E-state index contributed by atoms with van der Waals surface area (Å²) in [6.45, 7) is 0.122. The Morgan fingerprint density at radius 3 is 2.60 bits per heavy atom. The summed E-state index contributed by atoms with van der Waals surface area (Å²) < 4.78 is 5.88. The molecule has 0 heterocycles. The average molecular weight is 273 g/mol. The first kappa shape index (κ1) is 10.8. The van der Waals surface area contributed by atoms with Crippen LogP contribution in [0, 0.1) is 0 Å². The minimum Gasteiger partial charge on any atom is -0.504 e. The quantitative estimate of drug-likeness (QED) is 0.887. The number of hydrogen-bond donors (Lipinski definition) is 2. The molecule has 1 aromatic carbocycles. The minimum atomic E-state index is -0.150. The van der Waals surface area contributed by atoms with Gasteiger partial charge in [0.25, 0.3) is 0 Å². The number of benzene rings is 1. The van der Waals surface area contributed by atoms with Gasteiger partial charge in [-0.3, -0.25) is 0 Å². The third kappa shape index (κ3) is 1.72. The smallest absolute Gasteiger partial charge is 0.161 e. The molecule has 1 fully saturated rings. The van der Waals surface area contributed by atoms with Gasteiger partial charge in [-0.15, -0.1) is 0 Å². The standard InChI is InChI=1S/C11H13BrO3/c1-15-10-5-8(12)7(4-9(10)14)11(6-13)2-3-11/h4-5,13-14H,2-3,6H2,1H3. The van der Waals surface area contributed by atoms with Crippen molar-refractivity contribution in [2.24, 2.45) is 0 Å². The van der Waals surface area contributed by atoms with E-state index in [-0.39, 0.29) is 17.8 Å². The summed E-state index contributed by atoms with van der Waals surface area (Å²) in [4.78, 5) is 0. The number of phenols is 1. The van der Waals surface area contributed by atoms with Crippen LogP contribution in [0.5, 0.6) is 11.5 Å². The van der Waals surface area contributed by atoms with Crippen LogP contribution in [0.15, 0.2) is 16.6 Å². The summed E-state index contributed by atoms with van der Waals surface area (Å²) in [7, 11) is 1.51. The molecule has 0 spiro atoms. The number of aliphatic hydroxyl groups excluding tert-OH is 1. The number of hydrogen-bond acceptors (Lipinski definition) is 3. The molecule has 0 saturated heterocycles. The van der Waals surface area contributed by atoms with Crippen LogP contribution < -0.4 is 4.74 Å². The largest absolute Gasteiger partial charge is 0.504 e. The van der Waals surface area contributed by atoms with Crippen molar-refractivity contribution in [3.05, 3.63) is 22.2 Å². The fraction of sp³-hybridized carbons (Fsp3) is 0.455. The highest BCUT2D eigenvalue weighted by molar-refractivity contribution is 9.10. The molecule has 1 aliphatic carbocycles. The Labute approximate surface area is 96.8 Å². The van der Waals surface area contributed by atoms with E-state index in [9.17, 15) is 10.2 Å². The molecule has 1 saturated carbocycles. The van der Waals surface area contributed by atoms with Gasteiger partial charge in [0.05, 0.1) is 13.7 Å². The number of ether oxygens (including phenoxy) is 1. The number of phenolic OH excluding ortho intramolecular Hbond substituents is 1. The number of halogens is 1. The van der Waals surface area contributed by atoms with Crippen molar-refractivity contribution in [2.75, 3.05) is 13.7 Å². The predicted molar refractivity (Wildman–Crippen MR) is 60.4 cm³/mol. The lowest BCUT2D eigenvalue weighted by molar-refractivity contribution is 0.254. The van der Waals surface area contributed by atoms with Crippen molar-refractivity contribution in [1.82, 2.24) is 0 Å². The van der Waals surface area contributed by atoms with Crippen LogP contribution in [-0.4, -0.2) is 23.9 Å². The first-order valence-electron chi connectivity index (χ1n) is 4.81. The summed E-state index contributed by atoms with van der Waals surface area (Å²) in [6.07, 6.45) is 1.93. The fourth-order valence-corrected chi connectivity index (χ4v) is 2.52. The predicted octanol–water partition coefficient (Wildman–Crippen LogP) is 2.19. The molecule has 0 aromatic heterocycles. The van der Waals surface area contributed by atoms with Gasteiger partial charge in [0, 0.05) is 9.89 Å². The van der Waals surface area contributed by atoms with Crippen molar-refractivity contribution in [3.8, 4) is 11.5 Å². The number of rotatable bonds is 3. The van der Waals surface area contributed by atoms with Crippen LogP contribution in [-0.2, 0) is 5.41 Å². The average Bonchev–Trinajstić information content (AvgIpc) is 3.01. The lowest BCUT2D eigenvalue weighted by Gasteiger charge is -2.16. The summed E-state index contributed by atoms with van der Waals surface area (Å²) in [5.41, 5.74) is 0.811. The number of aromatic hydroxyl groups is 1. The molecule has 0 aliphatic heterocycles. The molecule has 82 valence electrons. The van der Waals surface area contributed by atoms with Gasteiger partial charge < -0.3 is 14.9 Å². The summed E-state index contributed by atoms with van der Waals surface area (Å²) in [5.74, 6) is 0.565. The number of aliphatic hydroxyl groups is 1. The Kier molecular flexibility index (Phi) is 2.64. The van der Waals surface area contributed by atoms with Gasteiger partial charge in [-0.05, 0) is 30.5 Å². The van der Waals surface area contributed by atoms with Gasteiger partial charge >= 0.3 is 0 Å². The molecule has 3 nitrogen and oxygen atoms in total. The zero-order valence-electron chi connectivity index (χ0n) is 8.46. The third-order valence-electron chi connectivity index (χ3n) is 3.00. The third-order valence-corrected chi connectivity index (χ3v) is 3.65. The van der Waals surface area contributed by atoms with E-state index < -0.39 is 0 Å². The lowest BCUT2D eigenvalue weighted by atomic mass is 9.96. The second kappa shape index (κ2) is 3.68. The molecule has 0 unspecified atom stereocenters. The van der Waals surface area contributed by atoms with Crippen LogP contribution in [0.2, 0.25) is 0 Å². The van der Waals surface area contributed by atoms with E-state index in [0.717, 1.165) is 22.9 Å². The second-order valence-electron chi connectivity index (χ2n) is 3.94. The molecular formula is C11H13BrO3. The van der Waals surface area contributed by atoms with Crippen LogP contribution in [0.1, 0.15) is 18.4 Å². The van der Waals surface area contributed by atoms with Gasteiger partial charge in [0.1, 0.15) is 0 Å². The topological polar surface area (TPSA) is 49.7 Å². The van der Waals surface area contributed by atoms with Gasteiger partial charge in [-0.1, -0.05) is 15.9 Å². The summed E-state index contributed by atoms with van der Waals surface area (Å²) in [6, 6.07) is 3.41. The first-order chi connectivity index (χ1) is 7.13. The Balaban J connectivity index is 2.45. The maximum Gasteiger partial charge on any atom is 0.161 e. The molecular weight excluding hydrogens is 260 g/mol. The van der Waals surface area contributed by atoms with E-state index in [1.807, 2.05) is 0 Å². The van der Waals surface area contributed by atoms with E-state index >= 15 is 0 Å². The van der Waals surface area contributed by atoms with Crippen molar-refractivity contribution in [2.45, 2.75) is 18.3 Å². The van der Waals surface area contributed by atoms with Crippen molar-refractivity contribution >= 4 is 15.9 Å². The van der Waals surface area contributed by atoms with Crippen LogP contribution >= 0.6 is 15.9 Å². The zero-order chi connectivity index (χ0) is 11.1. The summed E-state index contributed by atoms with van der Waals surface area (Å²) >= 11 is 3.44. The maximum atomic E-state index is 9.67. The number of methoxy groups -OCH3 is 1. The highest BCUT2D eigenvalue weighted by atomic mass is 79.9. The van der Waals surface area contributed by atoms with Crippen LogP contribution in [0.4, 0.5) is 0 Å². The van der Waals surface area contributed by atoms with Crippen LogP contribution in [0.25, 0.3) is 0 Å². The minimum absolute atomic E-state index is 0.121. The Hall–Kier alpha value is -0.740. The highest BCUT2D eigenvalue weighted by Crippen LogP contribution is 2.51.